The highest BCUT2D eigenvalue weighted by atomic mass is 32.2. The minimum atomic E-state index is -0.463. The van der Waals surface area contributed by atoms with Crippen LogP contribution in [0.5, 0.6) is 5.75 Å². The van der Waals surface area contributed by atoms with E-state index in [1.165, 1.54) is 23.5 Å². The second-order valence-electron chi connectivity index (χ2n) is 7.20. The Morgan fingerprint density at radius 2 is 1.87 bits per heavy atom. The van der Waals surface area contributed by atoms with Gasteiger partial charge in [-0.05, 0) is 24.3 Å². The first-order valence-corrected chi connectivity index (χ1v) is 11.0. The molecule has 30 heavy (non-hydrogen) atoms. The number of aryl methyl sites for hydroxylation is 1. The number of nitrogens with zero attached hydrogens (tertiary/aromatic N) is 1. The Labute approximate surface area is 178 Å². The van der Waals surface area contributed by atoms with E-state index in [1.54, 1.807) is 17.8 Å². The fourth-order valence-corrected chi connectivity index (χ4v) is 5.84. The molecule has 0 fully saturated rings. The number of imide groups is 1. The maximum atomic E-state index is 13.9. The minimum Gasteiger partial charge on any atom is -0.481 e. The van der Waals surface area contributed by atoms with Gasteiger partial charge >= 0.3 is 0 Å². The predicted molar refractivity (Wildman–Crippen MR) is 116 cm³/mol. The summed E-state index contributed by atoms with van der Waals surface area (Å²) in [6, 6.07) is 8.45. The summed E-state index contributed by atoms with van der Waals surface area (Å²) in [6.07, 6.45) is 1.85. The van der Waals surface area contributed by atoms with E-state index in [-0.39, 0.29) is 11.4 Å². The van der Waals surface area contributed by atoms with Crippen molar-refractivity contribution in [1.29, 1.82) is 0 Å². The third-order valence-electron chi connectivity index (χ3n) is 5.49. The van der Waals surface area contributed by atoms with Gasteiger partial charge in [0.1, 0.15) is 17.5 Å². The standard InChI is InChI=1S/C22H13FN2O3S2/c1-25-7-13(11-5-18-16(6-15(11)25)28-9-30-18)19-20(22(27)24-21(19)26)14-8-29-17-3-2-10(23)4-12(14)17/h2-8H,9H2,1H3,(H,24,26,27). The fraction of sp³-hybridized carbons (Fsp3) is 0.0909. The number of carbonyl (C=O) groups is 2. The second-order valence-corrected chi connectivity index (χ2v) is 9.07. The van der Waals surface area contributed by atoms with Gasteiger partial charge in [0.25, 0.3) is 11.8 Å². The number of benzene rings is 2. The van der Waals surface area contributed by atoms with Gasteiger partial charge in [0.2, 0.25) is 0 Å². The van der Waals surface area contributed by atoms with Crippen LogP contribution in [0.2, 0.25) is 0 Å². The molecule has 0 bridgehead atoms. The van der Waals surface area contributed by atoms with Crippen molar-refractivity contribution in [2.45, 2.75) is 4.90 Å². The first kappa shape index (κ1) is 17.7. The van der Waals surface area contributed by atoms with Gasteiger partial charge in [0.05, 0.1) is 21.6 Å². The molecule has 2 aromatic heterocycles. The second kappa shape index (κ2) is 6.20. The highest BCUT2D eigenvalue weighted by Gasteiger charge is 2.35. The van der Waals surface area contributed by atoms with Gasteiger partial charge in [-0.15, -0.1) is 11.3 Å². The molecular weight excluding hydrogens is 423 g/mol. The Balaban J connectivity index is 1.67. The molecule has 4 aromatic rings. The summed E-state index contributed by atoms with van der Waals surface area (Å²) in [5.41, 5.74) is 2.76. The number of halogens is 1. The Kier molecular flexibility index (Phi) is 3.66. The number of nitrogens with one attached hydrogen (secondary N) is 1. The zero-order valence-electron chi connectivity index (χ0n) is 15.6. The van der Waals surface area contributed by atoms with Gasteiger partial charge in [-0.3, -0.25) is 14.9 Å². The summed E-state index contributed by atoms with van der Waals surface area (Å²) in [4.78, 5) is 26.7. The van der Waals surface area contributed by atoms with Crippen LogP contribution >= 0.6 is 23.1 Å². The van der Waals surface area contributed by atoms with Crippen molar-refractivity contribution in [3.05, 3.63) is 58.9 Å². The minimum absolute atomic E-state index is 0.286. The third-order valence-corrected chi connectivity index (χ3v) is 7.32. The molecular formula is C22H13FN2O3S2. The SMILES string of the molecule is Cn1cc(C2=C(c3csc4ccc(F)cc34)C(=O)NC2=O)c2cc3c(cc21)OCS3. The van der Waals surface area contributed by atoms with Crippen molar-refractivity contribution < 1.29 is 18.7 Å². The molecule has 0 saturated carbocycles. The highest BCUT2D eigenvalue weighted by Crippen LogP contribution is 2.44. The lowest BCUT2D eigenvalue weighted by molar-refractivity contribution is -0.122. The number of thiophene rings is 1. The van der Waals surface area contributed by atoms with Crippen LogP contribution in [0.15, 0.2) is 46.8 Å². The van der Waals surface area contributed by atoms with Crippen molar-refractivity contribution in [2.75, 3.05) is 5.94 Å². The van der Waals surface area contributed by atoms with Gasteiger partial charge in [-0.1, -0.05) is 11.8 Å². The Morgan fingerprint density at radius 1 is 1.07 bits per heavy atom. The maximum Gasteiger partial charge on any atom is 0.259 e. The molecule has 0 unspecified atom stereocenters. The molecule has 0 radical (unpaired) electrons. The number of amides is 2. The Morgan fingerprint density at radius 3 is 2.70 bits per heavy atom. The summed E-state index contributed by atoms with van der Waals surface area (Å²) in [5.74, 6) is 0.0883. The molecule has 6 rings (SSSR count). The van der Waals surface area contributed by atoms with Gasteiger partial charge in [-0.2, -0.15) is 0 Å². The molecule has 0 aliphatic carbocycles. The van der Waals surface area contributed by atoms with Crippen LogP contribution in [-0.4, -0.2) is 22.3 Å². The van der Waals surface area contributed by atoms with Gasteiger partial charge in [0, 0.05) is 51.3 Å². The Bertz CT molecular complexity index is 1460. The van der Waals surface area contributed by atoms with Crippen molar-refractivity contribution in [1.82, 2.24) is 9.88 Å². The first-order chi connectivity index (χ1) is 14.5. The van der Waals surface area contributed by atoms with Gasteiger partial charge in [-0.25, -0.2) is 4.39 Å². The van der Waals surface area contributed by atoms with E-state index in [0.717, 1.165) is 26.2 Å². The summed E-state index contributed by atoms with van der Waals surface area (Å²) in [5, 5.41) is 5.74. The lowest BCUT2D eigenvalue weighted by Crippen LogP contribution is -2.22. The third kappa shape index (κ3) is 2.41. The average molecular weight is 436 g/mol. The molecule has 2 amide bonds. The van der Waals surface area contributed by atoms with E-state index >= 15 is 0 Å². The predicted octanol–water partition coefficient (Wildman–Crippen LogP) is 4.54. The van der Waals surface area contributed by atoms with Gasteiger partial charge < -0.3 is 9.30 Å². The van der Waals surface area contributed by atoms with Crippen LogP contribution in [0, 0.1) is 5.82 Å². The Hall–Kier alpha value is -3.10. The fourth-order valence-electron chi connectivity index (χ4n) is 4.13. The lowest BCUT2D eigenvalue weighted by atomic mass is 9.95. The van der Waals surface area contributed by atoms with Crippen LogP contribution in [0.25, 0.3) is 32.1 Å². The van der Waals surface area contributed by atoms with Crippen LogP contribution < -0.4 is 10.1 Å². The molecule has 0 atom stereocenters. The number of aromatic nitrogens is 1. The maximum absolute atomic E-state index is 13.9. The lowest BCUT2D eigenvalue weighted by Gasteiger charge is -2.04. The number of hydrogen-bond acceptors (Lipinski definition) is 5. The number of carbonyl (C=O) groups excluding carboxylic acids is 2. The molecule has 0 spiro atoms. The number of thioether (sulfide) groups is 1. The summed E-state index contributed by atoms with van der Waals surface area (Å²) in [6.45, 7) is 0. The molecule has 1 N–H and O–H groups in total. The van der Waals surface area contributed by atoms with E-state index in [1.807, 2.05) is 35.3 Å². The van der Waals surface area contributed by atoms with E-state index in [0.29, 0.717) is 28.0 Å². The number of ether oxygens (including phenoxy) is 1. The van der Waals surface area contributed by atoms with E-state index in [4.69, 9.17) is 4.74 Å². The van der Waals surface area contributed by atoms with Crippen molar-refractivity contribution in [2.24, 2.45) is 7.05 Å². The van der Waals surface area contributed by atoms with Crippen molar-refractivity contribution in [3.8, 4) is 5.75 Å². The largest absolute Gasteiger partial charge is 0.481 e. The molecule has 2 aliphatic heterocycles. The molecule has 148 valence electrons. The molecule has 2 aromatic carbocycles. The van der Waals surface area contributed by atoms with E-state index in [9.17, 15) is 14.0 Å². The highest BCUT2D eigenvalue weighted by molar-refractivity contribution is 7.99. The molecule has 0 saturated heterocycles. The number of hydrogen-bond donors (Lipinski definition) is 1. The molecule has 5 nitrogen and oxygen atoms in total. The van der Waals surface area contributed by atoms with Crippen LogP contribution in [0.1, 0.15) is 11.1 Å². The zero-order valence-corrected chi connectivity index (χ0v) is 17.2. The first-order valence-electron chi connectivity index (χ1n) is 9.17. The number of fused-ring (bicyclic) bond motifs is 3. The van der Waals surface area contributed by atoms with Gasteiger partial charge in [0.15, 0.2) is 0 Å². The van der Waals surface area contributed by atoms with Crippen LogP contribution in [-0.2, 0) is 16.6 Å². The van der Waals surface area contributed by atoms with Crippen LogP contribution in [0.3, 0.4) is 0 Å². The quantitative estimate of drug-likeness (QED) is 0.469. The van der Waals surface area contributed by atoms with Crippen LogP contribution in [0.4, 0.5) is 4.39 Å². The smallest absolute Gasteiger partial charge is 0.259 e. The summed E-state index contributed by atoms with van der Waals surface area (Å²) < 4.78 is 22.3. The normalized spacial score (nSPS) is 15.9. The topological polar surface area (TPSA) is 60.3 Å². The summed E-state index contributed by atoms with van der Waals surface area (Å²) >= 11 is 3.01. The molecule has 8 heteroatoms. The van der Waals surface area contributed by atoms with E-state index < -0.39 is 11.8 Å². The molecule has 2 aliphatic rings. The van der Waals surface area contributed by atoms with Crippen molar-refractivity contribution >= 4 is 67.0 Å². The summed E-state index contributed by atoms with van der Waals surface area (Å²) in [7, 11) is 1.89. The zero-order chi connectivity index (χ0) is 20.6. The molecule has 4 heterocycles. The monoisotopic (exact) mass is 436 g/mol. The van der Waals surface area contributed by atoms with E-state index in [2.05, 4.69) is 5.32 Å². The van der Waals surface area contributed by atoms with Crippen molar-refractivity contribution in [3.63, 3.8) is 0 Å². The number of rotatable bonds is 2. The average Bonchev–Trinajstić information content (AvgIpc) is 3.46.